The molecule has 0 unspecified atom stereocenters. The number of carbonyl (C=O) groups excluding carboxylic acids is 2. The number of aromatic nitrogens is 1. The molecule has 0 bridgehead atoms. The smallest absolute Gasteiger partial charge is 0.262 e. The molecule has 1 aliphatic heterocycles. The topological polar surface area (TPSA) is 72.4 Å². The van der Waals surface area contributed by atoms with Crippen LogP contribution in [0.3, 0.4) is 0 Å². The molecule has 2 amide bonds. The number of nitrogens with one attached hydrogen (secondary N) is 2. The summed E-state index contributed by atoms with van der Waals surface area (Å²) in [4.78, 5) is 23.4. The highest BCUT2D eigenvalue weighted by molar-refractivity contribution is 5.97. The van der Waals surface area contributed by atoms with Crippen LogP contribution in [-0.2, 0) is 16.1 Å². The van der Waals surface area contributed by atoms with Crippen LogP contribution in [0.1, 0.15) is 11.4 Å². The van der Waals surface area contributed by atoms with Gasteiger partial charge in [0.15, 0.2) is 6.61 Å². The summed E-state index contributed by atoms with van der Waals surface area (Å²) in [5.41, 5.74) is 3.35. The van der Waals surface area contributed by atoms with Gasteiger partial charge in [0, 0.05) is 23.1 Å². The van der Waals surface area contributed by atoms with E-state index in [0.717, 1.165) is 11.4 Å². The van der Waals surface area contributed by atoms with Gasteiger partial charge in [0.05, 0.1) is 5.69 Å². The molecular weight excluding hydrogens is 282 g/mol. The van der Waals surface area contributed by atoms with Gasteiger partial charge in [-0.1, -0.05) is 0 Å². The second kappa shape index (κ2) is 5.55. The summed E-state index contributed by atoms with van der Waals surface area (Å²) >= 11 is 0. The average molecular weight is 299 g/mol. The monoisotopic (exact) mass is 299 g/mol. The molecule has 6 heteroatoms. The van der Waals surface area contributed by atoms with Gasteiger partial charge in [-0.15, -0.1) is 0 Å². The predicted octanol–water partition coefficient (Wildman–Crippen LogP) is 2.07. The van der Waals surface area contributed by atoms with Gasteiger partial charge in [0.2, 0.25) is 5.91 Å². The highest BCUT2D eigenvalue weighted by Crippen LogP contribution is 2.30. The first-order valence-corrected chi connectivity index (χ1v) is 7.02. The van der Waals surface area contributed by atoms with Crippen molar-refractivity contribution in [1.82, 2.24) is 4.57 Å². The fourth-order valence-corrected chi connectivity index (χ4v) is 2.45. The number of fused-ring (bicyclic) bond motifs is 1. The molecule has 0 spiro atoms. The number of anilines is 2. The molecule has 0 aliphatic carbocycles. The minimum Gasteiger partial charge on any atom is -0.482 e. The number of carbonyl (C=O) groups is 2. The lowest BCUT2D eigenvalue weighted by Crippen LogP contribution is -2.25. The highest BCUT2D eigenvalue weighted by atomic mass is 16.5. The van der Waals surface area contributed by atoms with Crippen molar-refractivity contribution >= 4 is 23.2 Å². The van der Waals surface area contributed by atoms with Crippen molar-refractivity contribution in [3.8, 4) is 5.75 Å². The molecule has 0 fully saturated rings. The lowest BCUT2D eigenvalue weighted by molar-refractivity contribution is -0.119. The summed E-state index contributed by atoms with van der Waals surface area (Å²) in [6.45, 7) is 4.19. The third-order valence-corrected chi connectivity index (χ3v) is 3.62. The molecule has 0 saturated heterocycles. The number of amides is 2. The van der Waals surface area contributed by atoms with Gasteiger partial charge in [0.25, 0.3) is 5.91 Å². The van der Waals surface area contributed by atoms with Crippen LogP contribution in [0, 0.1) is 13.8 Å². The zero-order valence-electron chi connectivity index (χ0n) is 12.5. The number of nitrogens with zero attached hydrogens (tertiary/aromatic N) is 1. The summed E-state index contributed by atoms with van der Waals surface area (Å²) < 4.78 is 7.28. The Morgan fingerprint density at radius 2 is 2.00 bits per heavy atom. The third kappa shape index (κ3) is 2.81. The van der Waals surface area contributed by atoms with Crippen molar-refractivity contribution in [1.29, 1.82) is 0 Å². The SMILES string of the molecule is Cc1ccc(C)n1CC(=O)Nc1ccc2c(c1)OCC(=O)N2. The molecule has 2 N–H and O–H groups in total. The van der Waals surface area contributed by atoms with Gasteiger partial charge < -0.3 is 19.9 Å². The van der Waals surface area contributed by atoms with Crippen LogP contribution in [0.4, 0.5) is 11.4 Å². The van der Waals surface area contributed by atoms with Crippen LogP contribution in [0.5, 0.6) is 5.75 Å². The average Bonchev–Trinajstić information content (AvgIpc) is 2.79. The highest BCUT2D eigenvalue weighted by Gasteiger charge is 2.16. The van der Waals surface area contributed by atoms with E-state index in [0.29, 0.717) is 17.1 Å². The number of rotatable bonds is 3. The molecular formula is C16H17N3O3. The Balaban J connectivity index is 1.71. The molecule has 1 aliphatic rings. The van der Waals surface area contributed by atoms with Crippen LogP contribution in [0.25, 0.3) is 0 Å². The second-order valence-electron chi connectivity index (χ2n) is 5.30. The molecule has 0 atom stereocenters. The predicted molar refractivity (Wildman–Crippen MR) is 83.1 cm³/mol. The number of aryl methyl sites for hydroxylation is 2. The number of ether oxygens (including phenoxy) is 1. The van der Waals surface area contributed by atoms with Crippen molar-refractivity contribution < 1.29 is 14.3 Å². The summed E-state index contributed by atoms with van der Waals surface area (Å²) in [5.74, 6) is 0.274. The van der Waals surface area contributed by atoms with Crippen molar-refractivity contribution in [2.45, 2.75) is 20.4 Å². The maximum Gasteiger partial charge on any atom is 0.262 e. The van der Waals surface area contributed by atoms with Gasteiger partial charge in [-0.3, -0.25) is 9.59 Å². The van der Waals surface area contributed by atoms with Gasteiger partial charge >= 0.3 is 0 Å². The Labute approximate surface area is 128 Å². The summed E-state index contributed by atoms with van der Waals surface area (Å²) in [6, 6.07) is 9.13. The minimum absolute atomic E-state index is 0.00778. The quantitative estimate of drug-likeness (QED) is 0.911. The Bertz CT molecular complexity index is 730. The molecule has 1 aromatic heterocycles. The second-order valence-corrected chi connectivity index (χ2v) is 5.30. The molecule has 6 nitrogen and oxygen atoms in total. The molecule has 0 saturated carbocycles. The van der Waals surface area contributed by atoms with Crippen LogP contribution >= 0.6 is 0 Å². The number of hydrogen-bond donors (Lipinski definition) is 2. The molecule has 1 aromatic carbocycles. The van der Waals surface area contributed by atoms with Gasteiger partial charge in [-0.25, -0.2) is 0 Å². The van der Waals surface area contributed by atoms with Crippen molar-refractivity contribution in [2.24, 2.45) is 0 Å². The first kappa shape index (κ1) is 14.2. The maximum atomic E-state index is 12.2. The van der Waals surface area contributed by atoms with E-state index in [1.54, 1.807) is 18.2 Å². The molecule has 2 aromatic rings. The lowest BCUT2D eigenvalue weighted by Gasteiger charge is -2.18. The Hall–Kier alpha value is -2.76. The van der Waals surface area contributed by atoms with Crippen LogP contribution in [-0.4, -0.2) is 23.0 Å². The van der Waals surface area contributed by atoms with E-state index in [9.17, 15) is 9.59 Å². The molecule has 114 valence electrons. The molecule has 0 radical (unpaired) electrons. The fourth-order valence-electron chi connectivity index (χ4n) is 2.45. The van der Waals surface area contributed by atoms with E-state index >= 15 is 0 Å². The van der Waals surface area contributed by atoms with Crippen LogP contribution in [0.15, 0.2) is 30.3 Å². The summed E-state index contributed by atoms with van der Waals surface area (Å²) in [5, 5.41) is 5.55. The standard InChI is InChI=1S/C16H17N3O3/c1-10-3-4-11(2)19(10)8-15(20)17-12-5-6-13-14(7-12)22-9-16(21)18-13/h3-7H,8-9H2,1-2H3,(H,17,20)(H,18,21). The Morgan fingerprint density at radius 3 is 2.73 bits per heavy atom. The summed E-state index contributed by atoms with van der Waals surface area (Å²) in [7, 11) is 0. The fraction of sp³-hybridized carbons (Fsp3) is 0.250. The Kier molecular flexibility index (Phi) is 3.58. The van der Waals surface area contributed by atoms with Gasteiger partial charge in [-0.05, 0) is 38.1 Å². The van der Waals surface area contributed by atoms with E-state index in [1.807, 2.05) is 30.5 Å². The van der Waals surface area contributed by atoms with Gasteiger partial charge in [-0.2, -0.15) is 0 Å². The van der Waals surface area contributed by atoms with Crippen molar-refractivity contribution in [2.75, 3.05) is 17.2 Å². The van der Waals surface area contributed by atoms with Crippen LogP contribution in [0.2, 0.25) is 0 Å². The molecule has 3 rings (SSSR count). The normalized spacial score (nSPS) is 13.1. The maximum absolute atomic E-state index is 12.2. The zero-order chi connectivity index (χ0) is 15.7. The van der Waals surface area contributed by atoms with E-state index in [-0.39, 0.29) is 25.0 Å². The number of benzene rings is 1. The number of hydrogen-bond acceptors (Lipinski definition) is 3. The first-order valence-electron chi connectivity index (χ1n) is 7.02. The van der Waals surface area contributed by atoms with E-state index in [4.69, 9.17) is 4.74 Å². The van der Waals surface area contributed by atoms with Gasteiger partial charge in [0.1, 0.15) is 12.3 Å². The summed E-state index contributed by atoms with van der Waals surface area (Å²) in [6.07, 6.45) is 0. The molecule has 22 heavy (non-hydrogen) atoms. The largest absolute Gasteiger partial charge is 0.482 e. The lowest BCUT2D eigenvalue weighted by atomic mass is 10.2. The van der Waals surface area contributed by atoms with E-state index < -0.39 is 0 Å². The zero-order valence-corrected chi connectivity index (χ0v) is 12.5. The minimum atomic E-state index is -0.178. The van der Waals surface area contributed by atoms with Crippen molar-refractivity contribution in [3.63, 3.8) is 0 Å². The van der Waals surface area contributed by atoms with E-state index in [1.165, 1.54) is 0 Å². The van der Waals surface area contributed by atoms with Crippen LogP contribution < -0.4 is 15.4 Å². The van der Waals surface area contributed by atoms with Crippen molar-refractivity contribution in [3.05, 3.63) is 41.7 Å². The molecule has 2 heterocycles. The third-order valence-electron chi connectivity index (χ3n) is 3.62. The first-order chi connectivity index (χ1) is 10.5. The van der Waals surface area contributed by atoms with E-state index in [2.05, 4.69) is 10.6 Å². The Morgan fingerprint density at radius 1 is 1.27 bits per heavy atom.